The molecule has 2 fully saturated rings. The van der Waals surface area contributed by atoms with Crippen LogP contribution in [0.15, 0.2) is 42.6 Å². The van der Waals surface area contributed by atoms with E-state index in [4.69, 9.17) is 22.8 Å². The van der Waals surface area contributed by atoms with Crippen LogP contribution in [-0.2, 0) is 13.5 Å². The lowest BCUT2D eigenvalue weighted by atomic mass is 9.54. The Balaban J connectivity index is 1.20. The van der Waals surface area contributed by atoms with E-state index in [1.54, 1.807) is 0 Å². The summed E-state index contributed by atoms with van der Waals surface area (Å²) in [6, 6.07) is 12.0. The number of aromatic hydroxyl groups is 1. The molecule has 2 saturated carbocycles. The molecule has 0 aliphatic heterocycles. The number of ether oxygens (including phenoxy) is 1. The van der Waals surface area contributed by atoms with Crippen LogP contribution in [0.4, 0.5) is 0 Å². The summed E-state index contributed by atoms with van der Waals surface area (Å²) < 4.78 is 8.04. The molecule has 4 aromatic rings. The van der Waals surface area contributed by atoms with Crippen LogP contribution < -0.4 is 4.74 Å². The molecule has 5 unspecified atom stereocenters. The van der Waals surface area contributed by atoms with Crippen LogP contribution in [0.2, 0.25) is 5.28 Å². The number of benzene rings is 2. The zero-order valence-corrected chi connectivity index (χ0v) is 22.9. The molecule has 0 bridgehead atoms. The Bertz CT molecular complexity index is 1660. The molecule has 0 radical (unpaired) electrons. The minimum Gasteiger partial charge on any atom is -0.504 e. The Kier molecular flexibility index (Phi) is 5.64. The van der Waals surface area contributed by atoms with Crippen LogP contribution in [0.25, 0.3) is 22.3 Å². The molecule has 2 aromatic heterocycles. The van der Waals surface area contributed by atoms with Crippen molar-refractivity contribution in [3.05, 3.63) is 59.0 Å². The van der Waals surface area contributed by atoms with E-state index >= 15 is 0 Å². The maximum atomic E-state index is 11.1. The fourth-order valence-electron chi connectivity index (χ4n) is 8.09. The molecular formula is C32H31ClN4O2. The van der Waals surface area contributed by atoms with Crippen molar-refractivity contribution in [2.24, 2.45) is 30.2 Å². The zero-order chi connectivity index (χ0) is 26.9. The van der Waals surface area contributed by atoms with Gasteiger partial charge in [-0.15, -0.1) is 12.3 Å². The first-order valence-electron chi connectivity index (χ1n) is 13.8. The quantitative estimate of drug-likeness (QED) is 0.277. The topological polar surface area (TPSA) is 73.1 Å². The van der Waals surface area contributed by atoms with Gasteiger partial charge in [-0.05, 0) is 96.6 Å². The third kappa shape index (κ3) is 3.82. The third-order valence-electron chi connectivity index (χ3n) is 9.91. The fourth-order valence-corrected chi connectivity index (χ4v) is 8.24. The summed E-state index contributed by atoms with van der Waals surface area (Å²) in [6.45, 7) is 2.42. The molecule has 3 aliphatic rings. The molecule has 5 atom stereocenters. The Morgan fingerprint density at radius 1 is 1.13 bits per heavy atom. The molecule has 2 heterocycles. The molecule has 198 valence electrons. The van der Waals surface area contributed by atoms with E-state index in [1.165, 1.54) is 17.5 Å². The molecule has 0 saturated heterocycles. The fraction of sp³-hybridized carbons (Fsp3) is 0.406. The summed E-state index contributed by atoms with van der Waals surface area (Å²) in [4.78, 5) is 13.2. The summed E-state index contributed by atoms with van der Waals surface area (Å²) >= 11 is 6.32. The maximum absolute atomic E-state index is 11.1. The highest BCUT2D eigenvalue weighted by molar-refractivity contribution is 6.28. The van der Waals surface area contributed by atoms with Crippen molar-refractivity contribution < 1.29 is 9.84 Å². The number of aromatic nitrogens is 4. The van der Waals surface area contributed by atoms with Gasteiger partial charge in [0.25, 0.3) is 0 Å². The minimum atomic E-state index is 0.0349. The maximum Gasteiger partial charge on any atom is 0.327 e. The van der Waals surface area contributed by atoms with Gasteiger partial charge in [0.1, 0.15) is 0 Å². The number of phenols is 1. The van der Waals surface area contributed by atoms with Crippen LogP contribution in [0.5, 0.6) is 17.5 Å². The predicted octanol–water partition coefficient (Wildman–Crippen LogP) is 7.29. The largest absolute Gasteiger partial charge is 0.504 e. The average molecular weight is 539 g/mol. The van der Waals surface area contributed by atoms with Crippen LogP contribution >= 0.6 is 11.6 Å². The summed E-state index contributed by atoms with van der Waals surface area (Å²) in [7, 11) is 1.95. The molecule has 1 N–H and O–H groups in total. The smallest absolute Gasteiger partial charge is 0.327 e. The summed E-state index contributed by atoms with van der Waals surface area (Å²) in [5.41, 5.74) is 3.56. The number of halogens is 1. The van der Waals surface area contributed by atoms with Gasteiger partial charge in [0.05, 0.1) is 5.69 Å². The standard InChI is InChI=1S/C32H31ClN4O2/c1-4-20-10-12-25-23-11-9-18-15-27(26(38)16-24(18)22(23)13-14-32(20,25)2)39-31-35-29(34-30(33)36-31)28-21-8-6-5-7-19(21)17-37(28)3/h1,5-8,15-17,20,22-23,25,38H,9-14H2,2-3H3. The number of fused-ring (bicyclic) bond motifs is 6. The Hall–Kier alpha value is -3.56. The van der Waals surface area contributed by atoms with E-state index in [1.807, 2.05) is 54.2 Å². The normalized spacial score (nSPS) is 27.4. The first kappa shape index (κ1) is 24.5. The van der Waals surface area contributed by atoms with Crippen molar-refractivity contribution in [2.75, 3.05) is 0 Å². The van der Waals surface area contributed by atoms with Crippen molar-refractivity contribution in [3.63, 3.8) is 0 Å². The molecule has 6 nitrogen and oxygen atoms in total. The molecule has 0 spiro atoms. The second-order valence-corrected chi connectivity index (χ2v) is 12.1. The second-order valence-electron chi connectivity index (χ2n) is 11.8. The highest BCUT2D eigenvalue weighted by Gasteiger charge is 2.54. The van der Waals surface area contributed by atoms with Crippen molar-refractivity contribution in [2.45, 2.75) is 51.4 Å². The van der Waals surface area contributed by atoms with Crippen molar-refractivity contribution >= 4 is 22.4 Å². The average Bonchev–Trinajstić information content (AvgIpc) is 3.44. The number of rotatable bonds is 3. The van der Waals surface area contributed by atoms with Gasteiger partial charge < -0.3 is 14.4 Å². The molecule has 7 heteroatoms. The number of aryl methyl sites for hydroxylation is 2. The van der Waals surface area contributed by atoms with Crippen LogP contribution in [0.3, 0.4) is 0 Å². The number of terminal acetylenes is 1. The highest BCUT2D eigenvalue weighted by Crippen LogP contribution is 2.63. The second kappa shape index (κ2) is 8.99. The summed E-state index contributed by atoms with van der Waals surface area (Å²) in [6.07, 6.45) is 14.7. The van der Waals surface area contributed by atoms with Crippen molar-refractivity contribution in [1.29, 1.82) is 0 Å². The monoisotopic (exact) mass is 538 g/mol. The van der Waals surface area contributed by atoms with Gasteiger partial charge in [-0.2, -0.15) is 15.0 Å². The van der Waals surface area contributed by atoms with Gasteiger partial charge in [-0.3, -0.25) is 0 Å². The SMILES string of the molecule is C#CC1CCC2C3CCc4cc(Oc5nc(Cl)nc(-c6c7ccccc7cn6C)n5)c(O)cc4C3CCC12C. The lowest BCUT2D eigenvalue weighted by Gasteiger charge is -2.50. The van der Waals surface area contributed by atoms with Gasteiger partial charge in [0.2, 0.25) is 5.28 Å². The van der Waals surface area contributed by atoms with E-state index in [0.717, 1.165) is 48.6 Å². The molecule has 0 amide bonds. The van der Waals surface area contributed by atoms with Crippen molar-refractivity contribution in [1.82, 2.24) is 19.5 Å². The van der Waals surface area contributed by atoms with Crippen LogP contribution in [-0.4, -0.2) is 24.6 Å². The molecule has 39 heavy (non-hydrogen) atoms. The van der Waals surface area contributed by atoms with Crippen LogP contribution in [0, 0.1) is 35.5 Å². The number of phenolic OH excluding ortho intramolecular Hbond substituents is 1. The van der Waals surface area contributed by atoms with Gasteiger partial charge in [0, 0.05) is 29.9 Å². The lowest BCUT2D eigenvalue weighted by molar-refractivity contribution is 0.0431. The van der Waals surface area contributed by atoms with Crippen molar-refractivity contribution in [3.8, 4) is 41.4 Å². The van der Waals surface area contributed by atoms with Gasteiger partial charge >= 0.3 is 6.01 Å². The Morgan fingerprint density at radius 3 is 2.82 bits per heavy atom. The predicted molar refractivity (Wildman–Crippen MR) is 152 cm³/mol. The number of hydrogen-bond acceptors (Lipinski definition) is 5. The molecule has 2 aromatic carbocycles. The van der Waals surface area contributed by atoms with E-state index in [0.29, 0.717) is 35.2 Å². The number of hydrogen-bond donors (Lipinski definition) is 1. The first-order valence-corrected chi connectivity index (χ1v) is 14.2. The summed E-state index contributed by atoms with van der Waals surface area (Å²) in [5, 5.41) is 13.2. The molecular weight excluding hydrogens is 508 g/mol. The van der Waals surface area contributed by atoms with Gasteiger partial charge in [-0.25, -0.2) is 0 Å². The molecule has 7 rings (SSSR count). The van der Waals surface area contributed by atoms with Gasteiger partial charge in [-0.1, -0.05) is 31.2 Å². The third-order valence-corrected chi connectivity index (χ3v) is 10.1. The summed E-state index contributed by atoms with van der Waals surface area (Å²) in [5.74, 6) is 6.07. The lowest BCUT2D eigenvalue weighted by Crippen LogP contribution is -2.42. The molecule has 3 aliphatic carbocycles. The van der Waals surface area contributed by atoms with Crippen LogP contribution in [0.1, 0.15) is 56.1 Å². The Labute approximate surface area is 233 Å². The minimum absolute atomic E-state index is 0.0349. The highest BCUT2D eigenvalue weighted by atomic mass is 35.5. The van der Waals surface area contributed by atoms with E-state index in [-0.39, 0.29) is 22.5 Å². The van der Waals surface area contributed by atoms with E-state index in [9.17, 15) is 5.11 Å². The van der Waals surface area contributed by atoms with E-state index < -0.39 is 0 Å². The first-order chi connectivity index (χ1) is 18.9. The number of nitrogens with zero attached hydrogens (tertiary/aromatic N) is 4. The van der Waals surface area contributed by atoms with E-state index in [2.05, 4.69) is 27.8 Å². The van der Waals surface area contributed by atoms with Gasteiger partial charge in [0.15, 0.2) is 17.3 Å². The Morgan fingerprint density at radius 2 is 1.97 bits per heavy atom. The zero-order valence-electron chi connectivity index (χ0n) is 22.2.